The van der Waals surface area contributed by atoms with Gasteiger partial charge < -0.3 is 9.84 Å². The molecule has 0 amide bonds. The number of carbonyl (C=O) groups excluding carboxylic acids is 1. The summed E-state index contributed by atoms with van der Waals surface area (Å²) in [5, 5.41) is 9.43. The molecule has 1 aliphatic carbocycles. The van der Waals surface area contributed by atoms with Crippen molar-refractivity contribution < 1.29 is 19.4 Å². The number of carbonyl (C=O) groups is 2. The molecule has 1 aromatic rings. The highest BCUT2D eigenvalue weighted by Crippen LogP contribution is 2.45. The third-order valence-corrected chi connectivity index (χ3v) is 3.90. The Hall–Kier alpha value is -2.10. The largest absolute Gasteiger partial charge is 0.478 e. The van der Waals surface area contributed by atoms with Gasteiger partial charge in [-0.3, -0.25) is 4.79 Å². The van der Waals surface area contributed by atoms with E-state index in [-0.39, 0.29) is 5.57 Å². The highest BCUT2D eigenvalue weighted by molar-refractivity contribution is 5.92. The predicted octanol–water partition coefficient (Wildman–Crippen LogP) is 2.54. The zero-order valence-electron chi connectivity index (χ0n) is 11.8. The van der Waals surface area contributed by atoms with E-state index < -0.39 is 23.3 Å². The summed E-state index contributed by atoms with van der Waals surface area (Å²) < 4.78 is 4.85. The summed E-state index contributed by atoms with van der Waals surface area (Å²) in [6, 6.07) is 7.63. The number of methoxy groups -OCH3 is 1. The number of hydrogen-bond acceptors (Lipinski definition) is 3. The normalized spacial score (nSPS) is 17.9. The quantitative estimate of drug-likeness (QED) is 0.860. The summed E-state index contributed by atoms with van der Waals surface area (Å²) >= 11 is 0. The van der Waals surface area contributed by atoms with Gasteiger partial charge in [-0.2, -0.15) is 0 Å². The molecule has 1 unspecified atom stereocenters. The molecule has 106 valence electrons. The number of aliphatic carboxylic acids is 1. The van der Waals surface area contributed by atoms with Crippen molar-refractivity contribution in [3.63, 3.8) is 0 Å². The monoisotopic (exact) mass is 274 g/mol. The van der Waals surface area contributed by atoms with E-state index in [2.05, 4.69) is 0 Å². The molecule has 0 saturated carbocycles. The van der Waals surface area contributed by atoms with Gasteiger partial charge in [0.15, 0.2) is 0 Å². The summed E-state index contributed by atoms with van der Waals surface area (Å²) in [6.45, 7) is 3.45. The van der Waals surface area contributed by atoms with Crippen molar-refractivity contribution in [3.8, 4) is 0 Å². The lowest BCUT2D eigenvalue weighted by molar-refractivity contribution is -0.151. The van der Waals surface area contributed by atoms with Gasteiger partial charge in [-0.1, -0.05) is 30.3 Å². The van der Waals surface area contributed by atoms with Gasteiger partial charge in [-0.15, -0.1) is 0 Å². The van der Waals surface area contributed by atoms with Crippen LogP contribution in [-0.4, -0.2) is 24.2 Å². The van der Waals surface area contributed by atoms with Crippen LogP contribution in [-0.2, 0) is 20.7 Å². The Morgan fingerprint density at radius 1 is 1.30 bits per heavy atom. The molecule has 1 aromatic carbocycles. The summed E-state index contributed by atoms with van der Waals surface area (Å²) in [5.74, 6) is -1.90. The summed E-state index contributed by atoms with van der Waals surface area (Å²) in [7, 11) is 1.32. The standard InChI is InChI=1S/C16H18O4/c1-16(2,15(19)20-3)13-11-7-5-4-6-10(11)8-9-12(13)14(17)18/h4-7,9,13H,8H2,1-3H3,(H,17,18). The Balaban J connectivity index is 2.59. The molecule has 1 aliphatic rings. The molecule has 1 atom stereocenters. The van der Waals surface area contributed by atoms with E-state index in [1.165, 1.54) is 7.11 Å². The van der Waals surface area contributed by atoms with Gasteiger partial charge in [0.05, 0.1) is 12.5 Å². The lowest BCUT2D eigenvalue weighted by Gasteiger charge is -2.35. The molecule has 20 heavy (non-hydrogen) atoms. The number of ether oxygens (including phenoxy) is 1. The number of rotatable bonds is 3. The Bertz CT molecular complexity index is 584. The van der Waals surface area contributed by atoms with Crippen molar-refractivity contribution in [2.75, 3.05) is 7.11 Å². The van der Waals surface area contributed by atoms with Gasteiger partial charge in [0, 0.05) is 11.5 Å². The molecule has 2 rings (SSSR count). The van der Waals surface area contributed by atoms with Crippen LogP contribution in [0.3, 0.4) is 0 Å². The first kappa shape index (κ1) is 14.3. The van der Waals surface area contributed by atoms with Crippen molar-refractivity contribution in [2.24, 2.45) is 5.41 Å². The van der Waals surface area contributed by atoms with Gasteiger partial charge in [-0.05, 0) is 31.4 Å². The fraction of sp³-hybridized carbons (Fsp3) is 0.375. The fourth-order valence-electron chi connectivity index (χ4n) is 2.88. The maximum Gasteiger partial charge on any atom is 0.331 e. The van der Waals surface area contributed by atoms with Crippen LogP contribution in [0.2, 0.25) is 0 Å². The van der Waals surface area contributed by atoms with Gasteiger partial charge in [0.2, 0.25) is 0 Å². The molecule has 0 aliphatic heterocycles. The number of carboxylic acids is 1. The minimum absolute atomic E-state index is 0.263. The minimum atomic E-state index is -0.985. The second-order valence-corrected chi connectivity index (χ2v) is 5.51. The van der Waals surface area contributed by atoms with Crippen molar-refractivity contribution >= 4 is 11.9 Å². The summed E-state index contributed by atoms with van der Waals surface area (Å²) in [6.07, 6.45) is 2.27. The van der Waals surface area contributed by atoms with Gasteiger partial charge in [-0.25, -0.2) is 4.79 Å². The number of hydrogen-bond donors (Lipinski definition) is 1. The molecule has 0 spiro atoms. The Morgan fingerprint density at radius 2 is 1.95 bits per heavy atom. The maximum absolute atomic E-state index is 12.1. The van der Waals surface area contributed by atoms with Crippen molar-refractivity contribution in [1.29, 1.82) is 0 Å². The van der Waals surface area contributed by atoms with E-state index in [0.29, 0.717) is 6.42 Å². The van der Waals surface area contributed by atoms with Crippen LogP contribution in [0.15, 0.2) is 35.9 Å². The van der Waals surface area contributed by atoms with Crippen molar-refractivity contribution in [3.05, 3.63) is 47.0 Å². The number of carboxylic acid groups (broad SMARTS) is 1. The lowest BCUT2D eigenvalue weighted by Crippen LogP contribution is -2.37. The number of allylic oxidation sites excluding steroid dienone is 1. The molecule has 0 bridgehead atoms. The third kappa shape index (κ3) is 2.22. The Kier molecular flexibility index (Phi) is 3.66. The minimum Gasteiger partial charge on any atom is -0.478 e. The molecule has 0 aromatic heterocycles. The molecule has 4 heteroatoms. The Morgan fingerprint density at radius 3 is 2.55 bits per heavy atom. The molecule has 0 heterocycles. The van der Waals surface area contributed by atoms with E-state index >= 15 is 0 Å². The van der Waals surface area contributed by atoms with Gasteiger partial charge in [0.1, 0.15) is 0 Å². The second kappa shape index (κ2) is 5.12. The molecule has 0 fully saturated rings. The maximum atomic E-state index is 12.1. The molecule has 0 radical (unpaired) electrons. The SMILES string of the molecule is COC(=O)C(C)(C)C1C(C(=O)O)=CCc2ccccc21. The first-order chi connectivity index (χ1) is 9.39. The first-order valence-electron chi connectivity index (χ1n) is 6.49. The lowest BCUT2D eigenvalue weighted by atomic mass is 9.67. The average Bonchev–Trinajstić information content (AvgIpc) is 2.44. The summed E-state index contributed by atoms with van der Waals surface area (Å²) in [5.41, 5.74) is 1.27. The molecule has 1 N–H and O–H groups in total. The number of benzene rings is 1. The molecule has 0 saturated heterocycles. The van der Waals surface area contributed by atoms with Crippen LogP contribution in [0, 0.1) is 5.41 Å². The zero-order chi connectivity index (χ0) is 14.9. The van der Waals surface area contributed by atoms with Crippen molar-refractivity contribution in [2.45, 2.75) is 26.2 Å². The van der Waals surface area contributed by atoms with Gasteiger partial charge in [0.25, 0.3) is 0 Å². The zero-order valence-corrected chi connectivity index (χ0v) is 11.8. The molecule has 4 nitrogen and oxygen atoms in total. The van der Waals surface area contributed by atoms with E-state index in [0.717, 1.165) is 11.1 Å². The van der Waals surface area contributed by atoms with Crippen LogP contribution >= 0.6 is 0 Å². The van der Waals surface area contributed by atoms with E-state index in [4.69, 9.17) is 4.74 Å². The first-order valence-corrected chi connectivity index (χ1v) is 6.49. The smallest absolute Gasteiger partial charge is 0.331 e. The summed E-state index contributed by atoms with van der Waals surface area (Å²) in [4.78, 5) is 23.6. The van der Waals surface area contributed by atoms with Crippen LogP contribution in [0.25, 0.3) is 0 Å². The van der Waals surface area contributed by atoms with Crippen LogP contribution < -0.4 is 0 Å². The molecular formula is C16H18O4. The molecular weight excluding hydrogens is 256 g/mol. The van der Waals surface area contributed by atoms with E-state index in [1.54, 1.807) is 19.9 Å². The highest BCUT2D eigenvalue weighted by Gasteiger charge is 2.44. The van der Waals surface area contributed by atoms with E-state index in [1.807, 2.05) is 24.3 Å². The topological polar surface area (TPSA) is 63.6 Å². The van der Waals surface area contributed by atoms with Crippen molar-refractivity contribution in [1.82, 2.24) is 0 Å². The van der Waals surface area contributed by atoms with Gasteiger partial charge >= 0.3 is 11.9 Å². The van der Waals surface area contributed by atoms with Crippen LogP contribution in [0.4, 0.5) is 0 Å². The second-order valence-electron chi connectivity index (χ2n) is 5.51. The van der Waals surface area contributed by atoms with Crippen LogP contribution in [0.5, 0.6) is 0 Å². The number of esters is 1. The number of fused-ring (bicyclic) bond motifs is 1. The third-order valence-electron chi connectivity index (χ3n) is 3.90. The highest BCUT2D eigenvalue weighted by atomic mass is 16.5. The predicted molar refractivity (Wildman–Crippen MR) is 74.4 cm³/mol. The van der Waals surface area contributed by atoms with E-state index in [9.17, 15) is 14.7 Å². The average molecular weight is 274 g/mol. The Labute approximate surface area is 118 Å². The van der Waals surface area contributed by atoms with Crippen LogP contribution in [0.1, 0.15) is 30.9 Å². The fourth-order valence-corrected chi connectivity index (χ4v) is 2.88.